The van der Waals surface area contributed by atoms with Crippen LogP contribution in [0.15, 0.2) is 48.5 Å². The first-order valence-corrected chi connectivity index (χ1v) is 11.1. The van der Waals surface area contributed by atoms with Crippen LogP contribution in [0.3, 0.4) is 0 Å². The fraction of sp³-hybridized carbons (Fsp3) is 0.250. The van der Waals surface area contributed by atoms with Gasteiger partial charge in [-0.25, -0.2) is 4.98 Å². The van der Waals surface area contributed by atoms with E-state index < -0.39 is 0 Å². The van der Waals surface area contributed by atoms with E-state index in [0.29, 0.717) is 0 Å². The lowest BCUT2D eigenvalue weighted by Crippen LogP contribution is -2.18. The summed E-state index contributed by atoms with van der Waals surface area (Å²) in [6.07, 6.45) is 1.03. The molecule has 0 fully saturated rings. The topological polar surface area (TPSA) is 29.0 Å². The number of anilines is 2. The van der Waals surface area contributed by atoms with Crippen LogP contribution in [0.2, 0.25) is 5.28 Å². The van der Waals surface area contributed by atoms with Crippen molar-refractivity contribution in [1.82, 2.24) is 9.97 Å². The Morgan fingerprint density at radius 1 is 1.00 bits per heavy atom. The summed E-state index contributed by atoms with van der Waals surface area (Å²) >= 11 is 8.02. The van der Waals surface area contributed by atoms with Crippen molar-refractivity contribution in [2.24, 2.45) is 0 Å². The molecule has 29 heavy (non-hydrogen) atoms. The number of aromatic nitrogens is 2. The lowest BCUT2D eigenvalue weighted by molar-refractivity contribution is 0.990. The summed E-state index contributed by atoms with van der Waals surface area (Å²) in [4.78, 5) is 13.6. The van der Waals surface area contributed by atoms with Crippen molar-refractivity contribution in [3.05, 3.63) is 69.8 Å². The van der Waals surface area contributed by atoms with Crippen molar-refractivity contribution in [1.29, 1.82) is 0 Å². The highest BCUT2D eigenvalue weighted by Gasteiger charge is 2.22. The second-order valence-electron chi connectivity index (χ2n) is 7.16. The molecule has 2 aromatic carbocycles. The monoisotopic (exact) mass is 421 g/mol. The number of thiophene rings is 1. The van der Waals surface area contributed by atoms with Crippen LogP contribution in [0.25, 0.3) is 21.3 Å². The highest BCUT2D eigenvalue weighted by atomic mass is 35.5. The molecule has 4 aromatic rings. The molecule has 0 aliphatic heterocycles. The molecule has 0 unspecified atom stereocenters. The fourth-order valence-corrected chi connectivity index (χ4v) is 5.02. The Bertz CT molecular complexity index is 1160. The Labute approximate surface area is 181 Å². The van der Waals surface area contributed by atoms with E-state index in [9.17, 15) is 0 Å². The highest BCUT2D eigenvalue weighted by Crippen LogP contribution is 2.43. The SMILES string of the molecule is CCc1ccc(-c2c(C)sc3nc(Cl)nc(N(CC)c4cccc(C)c4)c23)cc1. The summed E-state index contributed by atoms with van der Waals surface area (Å²) in [5.74, 6) is 0.868. The van der Waals surface area contributed by atoms with Crippen LogP contribution < -0.4 is 4.90 Å². The molecule has 0 aliphatic rings. The van der Waals surface area contributed by atoms with Gasteiger partial charge in [0, 0.05) is 22.7 Å². The van der Waals surface area contributed by atoms with Gasteiger partial charge in [-0.1, -0.05) is 43.3 Å². The van der Waals surface area contributed by atoms with Gasteiger partial charge >= 0.3 is 0 Å². The maximum absolute atomic E-state index is 6.35. The van der Waals surface area contributed by atoms with Gasteiger partial charge in [0.25, 0.3) is 0 Å². The van der Waals surface area contributed by atoms with Crippen molar-refractivity contribution in [3.63, 3.8) is 0 Å². The molecular formula is C24H24ClN3S. The van der Waals surface area contributed by atoms with E-state index in [-0.39, 0.29) is 5.28 Å². The number of halogens is 1. The number of rotatable bonds is 5. The Hall–Kier alpha value is -2.43. The molecule has 0 saturated heterocycles. The van der Waals surface area contributed by atoms with Crippen molar-refractivity contribution in [3.8, 4) is 11.1 Å². The largest absolute Gasteiger partial charge is 0.326 e. The summed E-state index contributed by atoms with van der Waals surface area (Å²) in [6, 6.07) is 17.3. The summed E-state index contributed by atoms with van der Waals surface area (Å²) in [5.41, 5.74) is 6.05. The van der Waals surface area contributed by atoms with Gasteiger partial charge in [-0.3, -0.25) is 0 Å². The molecule has 0 spiro atoms. The van der Waals surface area contributed by atoms with Gasteiger partial charge in [0.1, 0.15) is 10.6 Å². The Balaban J connectivity index is 1.98. The fourth-order valence-electron chi connectivity index (χ4n) is 3.77. The minimum Gasteiger partial charge on any atom is -0.326 e. The molecule has 3 nitrogen and oxygen atoms in total. The van der Waals surface area contributed by atoms with Crippen LogP contribution in [0.4, 0.5) is 11.5 Å². The third kappa shape index (κ3) is 3.75. The first kappa shape index (κ1) is 19.9. The van der Waals surface area contributed by atoms with Gasteiger partial charge in [0.2, 0.25) is 5.28 Å². The summed E-state index contributed by atoms with van der Waals surface area (Å²) in [6.45, 7) is 9.36. The highest BCUT2D eigenvalue weighted by molar-refractivity contribution is 7.19. The Morgan fingerprint density at radius 3 is 2.41 bits per heavy atom. The van der Waals surface area contributed by atoms with Crippen LogP contribution in [0.1, 0.15) is 29.9 Å². The van der Waals surface area contributed by atoms with Crippen LogP contribution in [-0.4, -0.2) is 16.5 Å². The molecular weight excluding hydrogens is 398 g/mol. The summed E-state index contributed by atoms with van der Waals surface area (Å²) in [5, 5.41) is 1.36. The van der Waals surface area contributed by atoms with Crippen LogP contribution in [-0.2, 0) is 6.42 Å². The van der Waals surface area contributed by atoms with Crippen molar-refractivity contribution < 1.29 is 0 Å². The first-order valence-electron chi connectivity index (χ1n) is 9.92. The molecule has 5 heteroatoms. The van der Waals surface area contributed by atoms with E-state index in [4.69, 9.17) is 16.6 Å². The molecule has 0 radical (unpaired) electrons. The zero-order valence-electron chi connectivity index (χ0n) is 17.2. The van der Waals surface area contributed by atoms with Crippen molar-refractivity contribution in [2.45, 2.75) is 34.1 Å². The second-order valence-corrected chi connectivity index (χ2v) is 8.70. The maximum atomic E-state index is 6.35. The van der Waals surface area contributed by atoms with Crippen LogP contribution in [0, 0.1) is 13.8 Å². The molecule has 0 atom stereocenters. The first-order chi connectivity index (χ1) is 14.0. The predicted octanol–water partition coefficient (Wildman–Crippen LogP) is 7.35. The molecule has 0 amide bonds. The van der Waals surface area contributed by atoms with Crippen LogP contribution in [0.5, 0.6) is 0 Å². The number of benzene rings is 2. The smallest absolute Gasteiger partial charge is 0.225 e. The number of aryl methyl sites for hydroxylation is 3. The maximum Gasteiger partial charge on any atom is 0.225 e. The minimum absolute atomic E-state index is 0.285. The lowest BCUT2D eigenvalue weighted by atomic mass is 10.0. The molecule has 0 saturated carbocycles. The van der Waals surface area contributed by atoms with Crippen LogP contribution >= 0.6 is 22.9 Å². The molecule has 0 bridgehead atoms. The number of hydrogen-bond acceptors (Lipinski definition) is 4. The lowest BCUT2D eigenvalue weighted by Gasteiger charge is -2.24. The van der Waals surface area contributed by atoms with E-state index >= 15 is 0 Å². The van der Waals surface area contributed by atoms with Gasteiger partial charge in [-0.05, 0) is 67.6 Å². The van der Waals surface area contributed by atoms with Gasteiger partial charge in [0.05, 0.1) is 5.39 Å². The predicted molar refractivity (Wildman–Crippen MR) is 126 cm³/mol. The standard InChI is InChI=1S/C24H24ClN3S/c1-5-17-10-12-18(13-11-17)20-16(4)29-23-21(20)22(26-24(25)27-23)28(6-2)19-9-7-8-15(3)14-19/h7-14H,5-6H2,1-4H3. The quantitative estimate of drug-likeness (QED) is 0.315. The van der Waals surface area contributed by atoms with Crippen molar-refractivity contribution in [2.75, 3.05) is 11.4 Å². The van der Waals surface area contributed by atoms with E-state index in [0.717, 1.165) is 34.7 Å². The third-order valence-corrected chi connectivity index (χ3v) is 6.39. The van der Waals surface area contributed by atoms with E-state index in [2.05, 4.69) is 86.1 Å². The molecule has 0 aliphatic carbocycles. The zero-order chi connectivity index (χ0) is 20.5. The molecule has 2 heterocycles. The zero-order valence-corrected chi connectivity index (χ0v) is 18.7. The van der Waals surface area contributed by atoms with Gasteiger partial charge in [-0.15, -0.1) is 11.3 Å². The molecule has 4 rings (SSSR count). The normalized spacial score (nSPS) is 11.2. The molecule has 2 aromatic heterocycles. The minimum atomic E-state index is 0.285. The number of fused-ring (bicyclic) bond motifs is 1. The van der Waals surface area contributed by atoms with Gasteiger partial charge in [-0.2, -0.15) is 4.98 Å². The second kappa shape index (κ2) is 8.13. The number of nitrogens with zero attached hydrogens (tertiary/aromatic N) is 3. The number of hydrogen-bond donors (Lipinski definition) is 0. The van der Waals surface area contributed by atoms with E-state index in [1.165, 1.54) is 27.1 Å². The van der Waals surface area contributed by atoms with Gasteiger partial charge in [0.15, 0.2) is 0 Å². The average Bonchev–Trinajstić information content (AvgIpc) is 3.04. The summed E-state index contributed by atoms with van der Waals surface area (Å²) in [7, 11) is 0. The summed E-state index contributed by atoms with van der Waals surface area (Å²) < 4.78 is 0. The molecule has 148 valence electrons. The average molecular weight is 422 g/mol. The third-order valence-electron chi connectivity index (χ3n) is 5.22. The Morgan fingerprint density at radius 2 is 1.76 bits per heavy atom. The van der Waals surface area contributed by atoms with Gasteiger partial charge < -0.3 is 4.90 Å². The van der Waals surface area contributed by atoms with Crippen molar-refractivity contribution >= 4 is 44.7 Å². The van der Waals surface area contributed by atoms with E-state index in [1.807, 2.05) is 0 Å². The Kier molecular flexibility index (Phi) is 5.57. The van der Waals surface area contributed by atoms with E-state index in [1.54, 1.807) is 11.3 Å². The molecule has 0 N–H and O–H groups in total.